The van der Waals surface area contributed by atoms with Crippen molar-refractivity contribution in [1.29, 1.82) is 0 Å². The number of ether oxygens (including phenoxy) is 2. The molecule has 0 unspecified atom stereocenters. The lowest BCUT2D eigenvalue weighted by Crippen LogP contribution is -2.61. The number of fused-ring (bicyclic) bond motifs is 1. The van der Waals surface area contributed by atoms with Crippen molar-refractivity contribution in [2.24, 2.45) is 0 Å². The number of carbonyl (C=O) groups is 1. The zero-order valence-electron chi connectivity index (χ0n) is 12.2. The van der Waals surface area contributed by atoms with Crippen molar-refractivity contribution in [2.45, 2.75) is 30.7 Å². The van der Waals surface area contributed by atoms with Gasteiger partial charge in [-0.3, -0.25) is 0 Å². The van der Waals surface area contributed by atoms with Crippen molar-refractivity contribution in [3.8, 4) is 11.6 Å². The van der Waals surface area contributed by atoms with E-state index in [1.54, 1.807) is 18.2 Å². The number of carboxylic acid groups (broad SMARTS) is 1. The Morgan fingerprint density at radius 3 is 2.54 bits per heavy atom. The molecule has 1 aliphatic rings. The highest BCUT2D eigenvalue weighted by Crippen LogP contribution is 2.29. The standard InChI is InChI=1S/C15H15NO8/c17-8-5-4-6-2-1-3-7(9(6)16-8)23-15-12(20)10(18)11(19)13(24-15)14(21)22/h1-5,10-13,15,18-20H,(H,16,17)(H,21,22)/t10-,11-,12+,13-,15+/m0/s1. The first kappa shape index (κ1) is 16.4. The second-order valence-corrected chi connectivity index (χ2v) is 5.35. The van der Waals surface area contributed by atoms with Gasteiger partial charge in [0.1, 0.15) is 29.6 Å². The molecule has 0 spiro atoms. The van der Waals surface area contributed by atoms with Gasteiger partial charge in [0.2, 0.25) is 12.2 Å². The van der Waals surface area contributed by atoms with Crippen LogP contribution in [0.3, 0.4) is 0 Å². The summed E-state index contributed by atoms with van der Waals surface area (Å²) in [6.45, 7) is 0. The van der Waals surface area contributed by atoms with Crippen LogP contribution in [0.25, 0.3) is 10.9 Å². The molecule has 128 valence electrons. The SMILES string of the molecule is O=C(O)[C@H]1O[C@@H](Oc2cccc3ccc(O)nc23)[C@H](O)[C@@H](O)[C@@H]1O. The molecule has 0 saturated carbocycles. The van der Waals surface area contributed by atoms with Crippen LogP contribution in [0.2, 0.25) is 0 Å². The van der Waals surface area contributed by atoms with Crippen LogP contribution in [-0.4, -0.2) is 67.2 Å². The third kappa shape index (κ3) is 2.85. The number of aliphatic hydroxyl groups is 3. The zero-order valence-corrected chi connectivity index (χ0v) is 12.2. The number of aromatic nitrogens is 1. The van der Waals surface area contributed by atoms with E-state index in [4.69, 9.17) is 14.6 Å². The molecule has 0 amide bonds. The van der Waals surface area contributed by atoms with Crippen LogP contribution in [0.15, 0.2) is 30.3 Å². The van der Waals surface area contributed by atoms with Gasteiger partial charge in [-0.25, -0.2) is 9.78 Å². The van der Waals surface area contributed by atoms with Crippen LogP contribution in [-0.2, 0) is 9.53 Å². The molecule has 0 aliphatic carbocycles. The Balaban J connectivity index is 1.92. The van der Waals surface area contributed by atoms with Gasteiger partial charge in [0, 0.05) is 11.5 Å². The molecule has 24 heavy (non-hydrogen) atoms. The molecule has 5 N–H and O–H groups in total. The third-order valence-corrected chi connectivity index (χ3v) is 3.72. The number of benzene rings is 1. The highest BCUT2D eigenvalue weighted by molar-refractivity contribution is 5.84. The van der Waals surface area contributed by atoms with Gasteiger partial charge in [0.15, 0.2) is 6.10 Å². The first-order chi connectivity index (χ1) is 11.4. The van der Waals surface area contributed by atoms with E-state index in [9.17, 15) is 25.2 Å². The molecule has 1 aromatic carbocycles. The Bertz CT molecular complexity index is 766. The second kappa shape index (κ2) is 6.21. The van der Waals surface area contributed by atoms with E-state index in [1.165, 1.54) is 12.1 Å². The number of carboxylic acids is 1. The van der Waals surface area contributed by atoms with Crippen LogP contribution in [0.4, 0.5) is 0 Å². The molecule has 5 atom stereocenters. The molecular formula is C15H15NO8. The number of hydrogen-bond acceptors (Lipinski definition) is 8. The predicted octanol–water partition coefficient (Wildman–Crippen LogP) is -0.789. The number of pyridine rings is 1. The van der Waals surface area contributed by atoms with E-state index >= 15 is 0 Å². The van der Waals surface area contributed by atoms with Crippen molar-refractivity contribution >= 4 is 16.9 Å². The third-order valence-electron chi connectivity index (χ3n) is 3.72. The van der Waals surface area contributed by atoms with Crippen molar-refractivity contribution < 1.29 is 39.8 Å². The van der Waals surface area contributed by atoms with Crippen molar-refractivity contribution in [1.82, 2.24) is 4.98 Å². The van der Waals surface area contributed by atoms with Crippen LogP contribution >= 0.6 is 0 Å². The predicted molar refractivity (Wildman–Crippen MR) is 78.4 cm³/mol. The fourth-order valence-electron chi connectivity index (χ4n) is 2.48. The summed E-state index contributed by atoms with van der Waals surface area (Å²) in [5, 5.41) is 48.6. The highest BCUT2D eigenvalue weighted by Gasteiger charge is 2.48. The van der Waals surface area contributed by atoms with E-state index in [1.807, 2.05) is 0 Å². The first-order valence-corrected chi connectivity index (χ1v) is 7.06. The second-order valence-electron chi connectivity index (χ2n) is 5.35. The fraction of sp³-hybridized carbons (Fsp3) is 0.333. The average Bonchev–Trinajstić information content (AvgIpc) is 2.55. The fourth-order valence-corrected chi connectivity index (χ4v) is 2.48. The number of para-hydroxylation sites is 1. The Labute approximate surface area is 135 Å². The van der Waals surface area contributed by atoms with Crippen LogP contribution < -0.4 is 4.74 Å². The van der Waals surface area contributed by atoms with Gasteiger partial charge in [-0.2, -0.15) is 0 Å². The van der Waals surface area contributed by atoms with Crippen molar-refractivity contribution in [3.05, 3.63) is 30.3 Å². The Morgan fingerprint density at radius 2 is 1.83 bits per heavy atom. The summed E-state index contributed by atoms with van der Waals surface area (Å²) in [4.78, 5) is 15.0. The lowest BCUT2D eigenvalue weighted by atomic mass is 9.99. The minimum Gasteiger partial charge on any atom is -0.493 e. The molecule has 9 heteroatoms. The van der Waals surface area contributed by atoms with Crippen LogP contribution in [0, 0.1) is 0 Å². The van der Waals surface area contributed by atoms with Gasteiger partial charge in [-0.05, 0) is 12.1 Å². The monoisotopic (exact) mass is 337 g/mol. The minimum absolute atomic E-state index is 0.111. The van der Waals surface area contributed by atoms with Gasteiger partial charge in [0.25, 0.3) is 0 Å². The maximum absolute atomic E-state index is 11.1. The number of aliphatic hydroxyl groups excluding tert-OH is 3. The van der Waals surface area contributed by atoms with Crippen molar-refractivity contribution in [2.75, 3.05) is 0 Å². The van der Waals surface area contributed by atoms with E-state index < -0.39 is 36.7 Å². The maximum atomic E-state index is 11.1. The van der Waals surface area contributed by atoms with E-state index in [0.29, 0.717) is 5.39 Å². The lowest BCUT2D eigenvalue weighted by molar-refractivity contribution is -0.270. The van der Waals surface area contributed by atoms with Gasteiger partial charge in [-0.1, -0.05) is 12.1 Å². The number of hydrogen-bond donors (Lipinski definition) is 5. The molecule has 9 nitrogen and oxygen atoms in total. The zero-order chi connectivity index (χ0) is 17.4. The summed E-state index contributed by atoms with van der Waals surface area (Å²) < 4.78 is 10.5. The summed E-state index contributed by atoms with van der Waals surface area (Å²) in [5.74, 6) is -1.64. The van der Waals surface area contributed by atoms with Crippen molar-refractivity contribution in [3.63, 3.8) is 0 Å². The Kier molecular flexibility index (Phi) is 4.24. The average molecular weight is 337 g/mol. The minimum atomic E-state index is -1.80. The lowest BCUT2D eigenvalue weighted by Gasteiger charge is -2.38. The van der Waals surface area contributed by atoms with E-state index in [0.717, 1.165) is 0 Å². The summed E-state index contributed by atoms with van der Waals surface area (Å²) in [6.07, 6.45) is -8.54. The molecule has 2 aromatic rings. The summed E-state index contributed by atoms with van der Waals surface area (Å²) in [6, 6.07) is 7.81. The van der Waals surface area contributed by atoms with Gasteiger partial charge in [0.05, 0.1) is 0 Å². The molecular weight excluding hydrogens is 322 g/mol. The van der Waals surface area contributed by atoms with Gasteiger partial charge < -0.3 is 35.0 Å². The molecule has 2 heterocycles. The number of rotatable bonds is 3. The topological polar surface area (TPSA) is 150 Å². The summed E-state index contributed by atoms with van der Waals surface area (Å²) in [5.41, 5.74) is 0.265. The molecule has 1 aromatic heterocycles. The number of aromatic hydroxyl groups is 1. The number of nitrogens with zero attached hydrogens (tertiary/aromatic N) is 1. The molecule has 0 radical (unpaired) electrons. The maximum Gasteiger partial charge on any atom is 0.335 e. The normalized spacial score (nSPS) is 30.2. The molecule has 1 aliphatic heterocycles. The Hall–Kier alpha value is -2.46. The molecule has 0 bridgehead atoms. The number of aliphatic carboxylic acids is 1. The van der Waals surface area contributed by atoms with Gasteiger partial charge >= 0.3 is 5.97 Å². The molecule has 1 saturated heterocycles. The van der Waals surface area contributed by atoms with Gasteiger partial charge in [-0.15, -0.1) is 0 Å². The highest BCUT2D eigenvalue weighted by atomic mass is 16.7. The summed E-state index contributed by atoms with van der Waals surface area (Å²) >= 11 is 0. The smallest absolute Gasteiger partial charge is 0.335 e. The molecule has 3 rings (SSSR count). The quantitative estimate of drug-likeness (QED) is 0.485. The van der Waals surface area contributed by atoms with E-state index in [-0.39, 0.29) is 17.1 Å². The van der Waals surface area contributed by atoms with E-state index in [2.05, 4.69) is 4.98 Å². The summed E-state index contributed by atoms with van der Waals surface area (Å²) in [7, 11) is 0. The van der Waals surface area contributed by atoms with Crippen LogP contribution in [0.5, 0.6) is 11.6 Å². The largest absolute Gasteiger partial charge is 0.493 e. The molecule has 1 fully saturated rings. The Morgan fingerprint density at radius 1 is 1.08 bits per heavy atom. The van der Waals surface area contributed by atoms with Crippen LogP contribution in [0.1, 0.15) is 0 Å². The first-order valence-electron chi connectivity index (χ1n) is 7.06.